The summed E-state index contributed by atoms with van der Waals surface area (Å²) in [7, 11) is 1.57. The number of piperidine rings is 2. The number of carbonyl (C=O) groups excluding carboxylic acids is 1. The molecule has 4 aliphatic rings. The van der Waals surface area contributed by atoms with E-state index in [1.165, 1.54) is 12.1 Å². The van der Waals surface area contributed by atoms with Gasteiger partial charge in [-0.25, -0.2) is 4.39 Å². The third kappa shape index (κ3) is 6.24. The number of ether oxygens (including phenoxy) is 1. The number of carboxylic acids is 1. The third-order valence-electron chi connectivity index (χ3n) is 10.6. The molecule has 3 heterocycles. The molecule has 45 heavy (non-hydrogen) atoms. The molecule has 0 bridgehead atoms. The van der Waals surface area contributed by atoms with Crippen LogP contribution in [0.2, 0.25) is 0 Å². The predicted molar refractivity (Wildman–Crippen MR) is 161 cm³/mol. The zero-order chi connectivity index (χ0) is 31.9. The van der Waals surface area contributed by atoms with E-state index in [-0.39, 0.29) is 12.5 Å². The van der Waals surface area contributed by atoms with E-state index in [9.17, 15) is 27.9 Å². The molecule has 0 radical (unpaired) electrons. The molecule has 0 spiro atoms. The van der Waals surface area contributed by atoms with Crippen molar-refractivity contribution < 1.29 is 37.0 Å². The van der Waals surface area contributed by atoms with Gasteiger partial charge in [0.1, 0.15) is 5.75 Å². The molecule has 244 valence electrons. The molecule has 0 unspecified atom stereocenters. The van der Waals surface area contributed by atoms with Crippen molar-refractivity contribution in [3.05, 3.63) is 59.2 Å². The maximum Gasteiger partial charge on any atom is 0.416 e. The fourth-order valence-corrected chi connectivity index (χ4v) is 7.66. The lowest BCUT2D eigenvalue weighted by molar-refractivity contribution is -0.145. The number of methoxy groups -OCH3 is 1. The number of benzene rings is 2. The van der Waals surface area contributed by atoms with Gasteiger partial charge in [0.25, 0.3) is 5.91 Å². The van der Waals surface area contributed by atoms with E-state index < -0.39 is 41.1 Å². The number of nitrogens with zero attached hydrogens (tertiary/aromatic N) is 3. The van der Waals surface area contributed by atoms with Gasteiger partial charge in [0.2, 0.25) is 5.67 Å². The number of hydrogen-bond donors (Lipinski definition) is 1. The summed E-state index contributed by atoms with van der Waals surface area (Å²) in [5, 5.41) is 9.40. The van der Waals surface area contributed by atoms with E-state index in [1.807, 2.05) is 17.0 Å². The lowest BCUT2D eigenvalue weighted by Gasteiger charge is -2.39. The van der Waals surface area contributed by atoms with Crippen molar-refractivity contribution in [2.75, 3.05) is 51.3 Å². The quantitative estimate of drug-likeness (QED) is 0.374. The third-order valence-corrected chi connectivity index (χ3v) is 10.6. The molecule has 7 nitrogen and oxygen atoms in total. The highest BCUT2D eigenvalue weighted by molar-refractivity contribution is 5.87. The van der Waals surface area contributed by atoms with E-state index in [0.29, 0.717) is 75.9 Å². The Labute approximate surface area is 261 Å². The van der Waals surface area contributed by atoms with E-state index in [2.05, 4.69) is 4.90 Å². The van der Waals surface area contributed by atoms with Gasteiger partial charge < -0.3 is 19.6 Å². The van der Waals surface area contributed by atoms with Crippen LogP contribution in [-0.4, -0.2) is 84.9 Å². The number of amides is 1. The standard InChI is InChI=1S/C34H41F4N3O4/c1-45-27-8-5-23(6-9-27)29-20-41(26-3-2-4-26)21-33(29,35)32(44)40-17-11-22(12-18-40)28-10-7-25(34(36,37)38)19-30(28)39-15-13-24(14-16-39)31(42)43/h5-10,19,22,24,26,29H,2-4,11-18,20-21H2,1H3,(H,42,43)/t29-,33-/m0/s1. The van der Waals surface area contributed by atoms with Gasteiger partial charge in [0.05, 0.1) is 18.6 Å². The number of likely N-dealkylation sites (tertiary alicyclic amines) is 2. The number of hydrogen-bond acceptors (Lipinski definition) is 5. The molecule has 1 N–H and O–H groups in total. The predicted octanol–water partition coefficient (Wildman–Crippen LogP) is 6.08. The van der Waals surface area contributed by atoms with Crippen LogP contribution < -0.4 is 9.64 Å². The molecule has 3 aliphatic heterocycles. The van der Waals surface area contributed by atoms with Gasteiger partial charge in [-0.15, -0.1) is 0 Å². The number of aliphatic carboxylic acids is 1. The van der Waals surface area contributed by atoms with Crippen molar-refractivity contribution in [3.63, 3.8) is 0 Å². The van der Waals surface area contributed by atoms with Crippen LogP contribution in [0.25, 0.3) is 0 Å². The first kappa shape index (κ1) is 31.6. The van der Waals surface area contributed by atoms with Gasteiger partial charge in [-0.2, -0.15) is 13.2 Å². The average molecular weight is 632 g/mol. The highest BCUT2D eigenvalue weighted by Gasteiger charge is 2.56. The first-order valence-electron chi connectivity index (χ1n) is 16.0. The lowest BCUT2D eigenvalue weighted by Crippen LogP contribution is -2.53. The zero-order valence-electron chi connectivity index (χ0n) is 25.6. The van der Waals surface area contributed by atoms with Gasteiger partial charge in [-0.3, -0.25) is 14.5 Å². The van der Waals surface area contributed by atoms with Crippen LogP contribution in [0.3, 0.4) is 0 Å². The summed E-state index contributed by atoms with van der Waals surface area (Å²) in [5.41, 5.74) is -0.802. The molecule has 2 aromatic carbocycles. The van der Waals surface area contributed by atoms with E-state index >= 15 is 4.39 Å². The normalized spacial score (nSPS) is 25.8. The Bertz CT molecular complexity index is 1380. The number of halogens is 4. The Kier molecular flexibility index (Phi) is 8.76. The Hall–Kier alpha value is -3.34. The molecular weight excluding hydrogens is 590 g/mol. The molecule has 6 rings (SSSR count). The van der Waals surface area contributed by atoms with Crippen LogP contribution in [0, 0.1) is 5.92 Å². The molecular formula is C34H41F4N3O4. The molecule has 1 amide bonds. The summed E-state index contributed by atoms with van der Waals surface area (Å²) in [6.07, 6.45) is 0.360. The fraction of sp³-hybridized carbons (Fsp3) is 0.588. The highest BCUT2D eigenvalue weighted by Crippen LogP contribution is 2.46. The second-order valence-corrected chi connectivity index (χ2v) is 13.1. The second kappa shape index (κ2) is 12.5. The summed E-state index contributed by atoms with van der Waals surface area (Å²) in [4.78, 5) is 31.1. The topological polar surface area (TPSA) is 73.3 Å². The summed E-state index contributed by atoms with van der Waals surface area (Å²) in [6.45, 7) is 1.88. The first-order chi connectivity index (χ1) is 21.5. The van der Waals surface area contributed by atoms with Crippen LogP contribution in [0.5, 0.6) is 5.75 Å². The van der Waals surface area contributed by atoms with Crippen LogP contribution >= 0.6 is 0 Å². The number of carboxylic acid groups (broad SMARTS) is 1. The minimum Gasteiger partial charge on any atom is -0.497 e. The minimum atomic E-state index is -4.51. The van der Waals surface area contributed by atoms with Gasteiger partial charge in [0.15, 0.2) is 0 Å². The SMILES string of the molecule is COc1ccc([C@@H]2CN(C3CCC3)C[C@@]2(F)C(=O)N2CCC(c3ccc(C(F)(F)F)cc3N3CCC(C(=O)O)CC3)CC2)cc1. The fourth-order valence-electron chi connectivity index (χ4n) is 7.66. The monoisotopic (exact) mass is 631 g/mol. The first-order valence-corrected chi connectivity index (χ1v) is 16.0. The molecule has 0 aromatic heterocycles. The zero-order valence-corrected chi connectivity index (χ0v) is 25.6. The van der Waals surface area contributed by atoms with Crippen LogP contribution in [-0.2, 0) is 15.8 Å². The van der Waals surface area contributed by atoms with Crippen LogP contribution in [0.15, 0.2) is 42.5 Å². The van der Waals surface area contributed by atoms with Gasteiger partial charge in [-0.1, -0.05) is 24.6 Å². The second-order valence-electron chi connectivity index (χ2n) is 13.1. The van der Waals surface area contributed by atoms with Crippen molar-refractivity contribution in [3.8, 4) is 5.75 Å². The van der Waals surface area contributed by atoms with Gasteiger partial charge in [0, 0.05) is 56.9 Å². The average Bonchev–Trinajstić information content (AvgIpc) is 3.36. The molecule has 2 atom stereocenters. The van der Waals surface area contributed by atoms with Crippen LogP contribution in [0.1, 0.15) is 73.5 Å². The highest BCUT2D eigenvalue weighted by atomic mass is 19.4. The van der Waals surface area contributed by atoms with E-state index in [0.717, 1.165) is 36.5 Å². The lowest BCUT2D eigenvalue weighted by atomic mass is 9.83. The summed E-state index contributed by atoms with van der Waals surface area (Å²) < 4.78 is 63.6. The summed E-state index contributed by atoms with van der Waals surface area (Å²) >= 11 is 0. The van der Waals surface area contributed by atoms with E-state index in [1.54, 1.807) is 24.1 Å². The van der Waals surface area contributed by atoms with Gasteiger partial charge >= 0.3 is 12.1 Å². The van der Waals surface area contributed by atoms with Crippen molar-refractivity contribution >= 4 is 17.6 Å². The van der Waals surface area contributed by atoms with Crippen molar-refractivity contribution in [1.29, 1.82) is 0 Å². The number of rotatable bonds is 7. The maximum absolute atomic E-state index is 17.1. The largest absolute Gasteiger partial charge is 0.497 e. The van der Waals surface area contributed by atoms with Crippen molar-refractivity contribution in [2.45, 2.75) is 74.7 Å². The minimum absolute atomic E-state index is 0.0580. The number of alkyl halides is 4. The maximum atomic E-state index is 17.1. The van der Waals surface area contributed by atoms with Crippen LogP contribution in [0.4, 0.5) is 23.2 Å². The van der Waals surface area contributed by atoms with Crippen molar-refractivity contribution in [1.82, 2.24) is 9.80 Å². The number of anilines is 1. The molecule has 2 aromatic rings. The Morgan fingerprint density at radius 2 is 1.60 bits per heavy atom. The Balaban J connectivity index is 1.19. The molecule has 3 saturated heterocycles. The Morgan fingerprint density at radius 3 is 2.16 bits per heavy atom. The molecule has 1 aliphatic carbocycles. The smallest absolute Gasteiger partial charge is 0.416 e. The molecule has 4 fully saturated rings. The molecule has 11 heteroatoms. The van der Waals surface area contributed by atoms with Gasteiger partial charge in [-0.05, 0) is 79.8 Å². The summed E-state index contributed by atoms with van der Waals surface area (Å²) in [5.74, 6) is -1.94. The Morgan fingerprint density at radius 1 is 0.933 bits per heavy atom. The summed E-state index contributed by atoms with van der Waals surface area (Å²) in [6, 6.07) is 11.4. The molecule has 1 saturated carbocycles. The van der Waals surface area contributed by atoms with Crippen molar-refractivity contribution in [2.24, 2.45) is 5.92 Å². The number of carbonyl (C=O) groups is 2. The van der Waals surface area contributed by atoms with E-state index in [4.69, 9.17) is 4.74 Å².